The second-order valence-corrected chi connectivity index (χ2v) is 8.37. The van der Waals surface area contributed by atoms with Gasteiger partial charge in [-0.2, -0.15) is 13.2 Å². The molecule has 33 heavy (non-hydrogen) atoms. The van der Waals surface area contributed by atoms with Gasteiger partial charge in [-0.3, -0.25) is 4.79 Å². The highest BCUT2D eigenvalue weighted by Gasteiger charge is 2.38. The fourth-order valence-electron chi connectivity index (χ4n) is 3.08. The summed E-state index contributed by atoms with van der Waals surface area (Å²) in [5, 5.41) is 11.2. The number of hydrogen-bond acceptors (Lipinski definition) is 4. The van der Waals surface area contributed by atoms with Crippen molar-refractivity contribution in [1.82, 2.24) is 25.3 Å². The Hall–Kier alpha value is -3.89. The number of rotatable bonds is 2. The number of fused-ring (bicyclic) bond motifs is 2. The van der Waals surface area contributed by atoms with E-state index in [-0.39, 0.29) is 11.4 Å². The van der Waals surface area contributed by atoms with E-state index in [1.54, 1.807) is 6.20 Å². The first-order valence-electron chi connectivity index (χ1n) is 9.82. The topological polar surface area (TPSA) is 124 Å². The number of hydrogen-bond donors (Lipinski definition) is 4. The van der Waals surface area contributed by atoms with Gasteiger partial charge in [-0.1, -0.05) is 6.07 Å². The summed E-state index contributed by atoms with van der Waals surface area (Å²) in [7, 11) is 0. The van der Waals surface area contributed by atoms with E-state index in [1.165, 1.54) is 0 Å². The first-order chi connectivity index (χ1) is 15.2. The van der Waals surface area contributed by atoms with Crippen molar-refractivity contribution in [3.63, 3.8) is 0 Å². The quantitative estimate of drug-likeness (QED) is 0.348. The maximum Gasteiger partial charge on any atom is 0.490 e. The molecule has 174 valence electrons. The van der Waals surface area contributed by atoms with Crippen LogP contribution in [0.25, 0.3) is 33.3 Å². The van der Waals surface area contributed by atoms with Gasteiger partial charge in [0.25, 0.3) is 5.91 Å². The summed E-state index contributed by atoms with van der Waals surface area (Å²) in [6, 6.07) is 9.73. The molecule has 3 aromatic heterocycles. The Labute approximate surface area is 186 Å². The van der Waals surface area contributed by atoms with Gasteiger partial charge in [0.1, 0.15) is 5.82 Å². The average molecular weight is 461 g/mol. The van der Waals surface area contributed by atoms with E-state index in [9.17, 15) is 18.0 Å². The van der Waals surface area contributed by atoms with E-state index in [4.69, 9.17) is 9.90 Å². The van der Waals surface area contributed by atoms with Crippen LogP contribution in [0.2, 0.25) is 0 Å². The Kier molecular flexibility index (Phi) is 6.17. The summed E-state index contributed by atoms with van der Waals surface area (Å²) in [5.74, 6) is -2.00. The molecule has 4 N–H and O–H groups in total. The monoisotopic (exact) mass is 461 g/mol. The van der Waals surface area contributed by atoms with Crippen molar-refractivity contribution in [3.05, 3.63) is 47.9 Å². The Morgan fingerprint density at radius 2 is 1.73 bits per heavy atom. The number of carbonyl (C=O) groups is 2. The Bertz CT molecular complexity index is 1330. The lowest BCUT2D eigenvalue weighted by Gasteiger charge is -2.20. The summed E-state index contributed by atoms with van der Waals surface area (Å²) >= 11 is 0. The van der Waals surface area contributed by atoms with Crippen LogP contribution in [-0.4, -0.2) is 48.6 Å². The zero-order chi connectivity index (χ0) is 24.6. The molecule has 0 aliphatic heterocycles. The highest BCUT2D eigenvalue weighted by atomic mass is 19.4. The number of carboxylic acid groups (broad SMARTS) is 1. The smallest absolute Gasteiger partial charge is 0.475 e. The third kappa shape index (κ3) is 5.68. The molecule has 11 heteroatoms. The first-order valence-corrected chi connectivity index (χ1v) is 9.82. The van der Waals surface area contributed by atoms with Gasteiger partial charge in [-0.25, -0.2) is 14.8 Å². The van der Waals surface area contributed by atoms with Gasteiger partial charge >= 0.3 is 12.1 Å². The maximum atomic E-state index is 12.4. The molecule has 0 atom stereocenters. The molecule has 0 aliphatic rings. The molecule has 4 aromatic rings. The van der Waals surface area contributed by atoms with Crippen LogP contribution in [0.3, 0.4) is 0 Å². The number of aliphatic carboxylic acids is 1. The Morgan fingerprint density at radius 1 is 1.06 bits per heavy atom. The van der Waals surface area contributed by atoms with Gasteiger partial charge in [0, 0.05) is 39.5 Å². The van der Waals surface area contributed by atoms with Crippen LogP contribution in [0.4, 0.5) is 13.2 Å². The third-order valence-corrected chi connectivity index (χ3v) is 4.42. The minimum atomic E-state index is -5.08. The molecule has 4 rings (SSSR count). The molecular weight excluding hydrogens is 439 g/mol. The summed E-state index contributed by atoms with van der Waals surface area (Å²) in [5.41, 5.74) is 4.86. The standard InChI is InChI=1S/C20H21N5O.C2HF3O2/c1-11-22-17-14(7-8-21-18(17)23-11)16-9-12-5-6-13(10-15(12)24-16)19(26)25-20(2,3)4;3-2(4,5)1(6)7/h5-10,24H,1-4H3,(H,25,26)(H,21,22,23);(H,6,7). The normalized spacial score (nSPS) is 11.8. The number of aromatic nitrogens is 4. The first kappa shape index (κ1) is 23.8. The number of imidazole rings is 1. The van der Waals surface area contributed by atoms with Crippen molar-refractivity contribution in [1.29, 1.82) is 0 Å². The molecule has 0 saturated carbocycles. The number of nitrogens with zero attached hydrogens (tertiary/aromatic N) is 2. The minimum Gasteiger partial charge on any atom is -0.475 e. The molecule has 0 bridgehead atoms. The number of carboxylic acids is 1. The lowest BCUT2D eigenvalue weighted by Crippen LogP contribution is -2.40. The van der Waals surface area contributed by atoms with Crippen molar-refractivity contribution in [2.75, 3.05) is 0 Å². The Balaban J connectivity index is 0.000000383. The fourth-order valence-corrected chi connectivity index (χ4v) is 3.08. The van der Waals surface area contributed by atoms with Crippen LogP contribution in [0.1, 0.15) is 37.0 Å². The third-order valence-electron chi connectivity index (χ3n) is 4.42. The Morgan fingerprint density at radius 3 is 2.33 bits per heavy atom. The van der Waals surface area contributed by atoms with Crippen LogP contribution in [0.5, 0.6) is 0 Å². The number of nitrogens with one attached hydrogen (secondary N) is 3. The predicted molar refractivity (Wildman–Crippen MR) is 117 cm³/mol. The van der Waals surface area contributed by atoms with Crippen LogP contribution < -0.4 is 5.32 Å². The second kappa shape index (κ2) is 8.57. The number of aryl methyl sites for hydroxylation is 1. The highest BCUT2D eigenvalue weighted by Crippen LogP contribution is 2.29. The molecule has 0 spiro atoms. The number of pyridine rings is 1. The molecule has 0 radical (unpaired) electrons. The predicted octanol–water partition coefficient (Wildman–Crippen LogP) is 4.58. The van der Waals surface area contributed by atoms with Gasteiger partial charge < -0.3 is 20.4 Å². The fraction of sp³-hybridized carbons (Fsp3) is 0.273. The number of benzene rings is 1. The van der Waals surface area contributed by atoms with Crippen LogP contribution in [-0.2, 0) is 4.79 Å². The zero-order valence-electron chi connectivity index (χ0n) is 18.3. The molecule has 1 amide bonds. The molecule has 0 saturated heterocycles. The number of alkyl halides is 3. The van der Waals surface area contributed by atoms with Crippen LogP contribution in [0.15, 0.2) is 36.5 Å². The average Bonchev–Trinajstić information content (AvgIpc) is 3.27. The molecule has 0 aliphatic carbocycles. The summed E-state index contributed by atoms with van der Waals surface area (Å²) < 4.78 is 31.7. The number of carbonyl (C=O) groups excluding carboxylic acids is 1. The zero-order valence-corrected chi connectivity index (χ0v) is 18.3. The van der Waals surface area contributed by atoms with E-state index in [2.05, 4.69) is 31.3 Å². The maximum absolute atomic E-state index is 12.4. The molecule has 1 aromatic carbocycles. The molecular formula is C22H22F3N5O3. The van der Waals surface area contributed by atoms with E-state index < -0.39 is 12.1 Å². The lowest BCUT2D eigenvalue weighted by molar-refractivity contribution is -0.192. The summed E-state index contributed by atoms with van der Waals surface area (Å²) in [4.78, 5) is 36.7. The second-order valence-electron chi connectivity index (χ2n) is 8.37. The van der Waals surface area contributed by atoms with Crippen molar-refractivity contribution in [2.24, 2.45) is 0 Å². The molecule has 0 unspecified atom stereocenters. The van der Waals surface area contributed by atoms with Crippen LogP contribution >= 0.6 is 0 Å². The van der Waals surface area contributed by atoms with Crippen LogP contribution in [0, 0.1) is 6.92 Å². The summed E-state index contributed by atoms with van der Waals surface area (Å²) in [6.07, 6.45) is -3.33. The van der Waals surface area contributed by atoms with Gasteiger partial charge in [-0.05, 0) is 52.0 Å². The number of amides is 1. The minimum absolute atomic E-state index is 0.0777. The van der Waals surface area contributed by atoms with Crippen molar-refractivity contribution in [3.8, 4) is 11.3 Å². The molecule has 8 nitrogen and oxygen atoms in total. The number of H-pyrrole nitrogens is 2. The number of halogens is 3. The lowest BCUT2D eigenvalue weighted by atomic mass is 10.1. The van der Waals surface area contributed by atoms with E-state index in [0.29, 0.717) is 11.2 Å². The largest absolute Gasteiger partial charge is 0.490 e. The van der Waals surface area contributed by atoms with Crippen molar-refractivity contribution < 1.29 is 27.9 Å². The van der Waals surface area contributed by atoms with E-state index in [0.717, 1.165) is 33.5 Å². The summed E-state index contributed by atoms with van der Waals surface area (Å²) in [6.45, 7) is 7.82. The molecule has 0 fully saturated rings. The van der Waals surface area contributed by atoms with Gasteiger partial charge in [-0.15, -0.1) is 0 Å². The molecule has 3 heterocycles. The van der Waals surface area contributed by atoms with Gasteiger partial charge in [0.15, 0.2) is 5.65 Å². The SMILES string of the molecule is Cc1nc2nccc(-c3cc4ccc(C(=O)NC(C)(C)C)cc4[nH]3)c2[nH]1.O=C(O)C(F)(F)F. The van der Waals surface area contributed by atoms with Gasteiger partial charge in [0.2, 0.25) is 0 Å². The number of aromatic amines is 2. The van der Waals surface area contributed by atoms with Crippen molar-refractivity contribution >= 4 is 33.9 Å². The van der Waals surface area contributed by atoms with Crippen molar-refractivity contribution in [2.45, 2.75) is 39.4 Å². The van der Waals surface area contributed by atoms with E-state index >= 15 is 0 Å². The highest BCUT2D eigenvalue weighted by molar-refractivity contribution is 6.00. The van der Waals surface area contributed by atoms with E-state index in [1.807, 2.05) is 52.0 Å². The van der Waals surface area contributed by atoms with Gasteiger partial charge in [0.05, 0.1) is 5.52 Å².